The number of carbonyl (C=O) groups excluding carboxylic acids is 1. The summed E-state index contributed by atoms with van der Waals surface area (Å²) in [5, 5.41) is 3.43. The molecular weight excluding hydrogens is 274 g/mol. The molecule has 5 heteroatoms. The van der Waals surface area contributed by atoms with Crippen LogP contribution in [0.4, 0.5) is 0 Å². The van der Waals surface area contributed by atoms with Crippen LogP contribution in [0.3, 0.4) is 0 Å². The minimum atomic E-state index is 0. The third-order valence-corrected chi connectivity index (χ3v) is 4.03. The minimum Gasteiger partial charge on any atom is -0.339 e. The van der Waals surface area contributed by atoms with Crippen molar-refractivity contribution in [2.75, 3.05) is 13.6 Å². The van der Waals surface area contributed by atoms with Crippen LogP contribution in [0.25, 0.3) is 0 Å². The van der Waals surface area contributed by atoms with E-state index in [0.717, 1.165) is 18.5 Å². The zero-order valence-electron chi connectivity index (χ0n) is 12.2. The molecule has 1 aliphatic heterocycles. The molecule has 1 fully saturated rings. The van der Waals surface area contributed by atoms with E-state index in [1.807, 2.05) is 24.1 Å². The van der Waals surface area contributed by atoms with Crippen molar-refractivity contribution in [3.63, 3.8) is 0 Å². The second kappa shape index (κ2) is 8.22. The first-order valence-corrected chi connectivity index (χ1v) is 7.07. The van der Waals surface area contributed by atoms with Crippen molar-refractivity contribution in [2.45, 2.75) is 44.7 Å². The molecule has 0 bridgehead atoms. The molecule has 112 valence electrons. The minimum absolute atomic E-state index is 0. The highest BCUT2D eigenvalue weighted by Crippen LogP contribution is 2.19. The third kappa shape index (κ3) is 4.46. The Balaban J connectivity index is 0.00000200. The molecule has 1 saturated heterocycles. The van der Waals surface area contributed by atoms with Crippen molar-refractivity contribution < 1.29 is 4.79 Å². The number of carbonyl (C=O) groups is 1. The van der Waals surface area contributed by atoms with E-state index in [1.54, 1.807) is 12.4 Å². The molecule has 1 aliphatic rings. The van der Waals surface area contributed by atoms with Gasteiger partial charge in [0.25, 0.3) is 0 Å². The molecule has 1 aromatic rings. The molecule has 0 aliphatic carbocycles. The fourth-order valence-corrected chi connectivity index (χ4v) is 2.56. The number of hydrogen-bond donors (Lipinski definition) is 1. The lowest BCUT2D eigenvalue weighted by Gasteiger charge is -2.25. The Bertz CT molecular complexity index is 407. The van der Waals surface area contributed by atoms with E-state index in [0.29, 0.717) is 12.5 Å². The van der Waals surface area contributed by atoms with Crippen molar-refractivity contribution in [1.82, 2.24) is 15.2 Å². The van der Waals surface area contributed by atoms with Crippen molar-refractivity contribution in [2.24, 2.45) is 0 Å². The molecule has 0 spiro atoms. The average molecular weight is 298 g/mol. The van der Waals surface area contributed by atoms with Gasteiger partial charge in [-0.1, -0.05) is 0 Å². The van der Waals surface area contributed by atoms with Crippen LogP contribution < -0.4 is 5.32 Å². The highest BCUT2D eigenvalue weighted by atomic mass is 35.5. The van der Waals surface area contributed by atoms with Gasteiger partial charge in [-0.3, -0.25) is 9.78 Å². The van der Waals surface area contributed by atoms with E-state index >= 15 is 0 Å². The number of amides is 1. The summed E-state index contributed by atoms with van der Waals surface area (Å²) in [5.41, 5.74) is 1.13. The van der Waals surface area contributed by atoms with Gasteiger partial charge in [0.1, 0.15) is 0 Å². The van der Waals surface area contributed by atoms with Crippen molar-refractivity contribution in [3.05, 3.63) is 30.1 Å². The molecule has 1 aromatic heterocycles. The first-order valence-electron chi connectivity index (χ1n) is 7.07. The summed E-state index contributed by atoms with van der Waals surface area (Å²) in [7, 11) is 1.88. The van der Waals surface area contributed by atoms with E-state index in [-0.39, 0.29) is 24.4 Å². The predicted octanol–water partition coefficient (Wildman–Crippen LogP) is 2.56. The predicted molar refractivity (Wildman–Crippen MR) is 82.9 cm³/mol. The van der Waals surface area contributed by atoms with Crippen LogP contribution in [-0.4, -0.2) is 35.4 Å². The molecule has 1 N–H and O–H groups in total. The van der Waals surface area contributed by atoms with Gasteiger partial charge in [-0.2, -0.15) is 0 Å². The summed E-state index contributed by atoms with van der Waals surface area (Å²) in [6, 6.07) is 4.57. The van der Waals surface area contributed by atoms with Crippen LogP contribution in [0, 0.1) is 0 Å². The topological polar surface area (TPSA) is 45.2 Å². The van der Waals surface area contributed by atoms with Gasteiger partial charge < -0.3 is 10.2 Å². The van der Waals surface area contributed by atoms with E-state index in [4.69, 9.17) is 0 Å². The zero-order chi connectivity index (χ0) is 13.7. The summed E-state index contributed by atoms with van der Waals surface area (Å²) < 4.78 is 0. The zero-order valence-corrected chi connectivity index (χ0v) is 13.0. The maximum atomic E-state index is 12.2. The lowest BCUT2D eigenvalue weighted by Crippen LogP contribution is -2.31. The molecule has 4 nitrogen and oxygen atoms in total. The molecule has 2 rings (SSSR count). The Morgan fingerprint density at radius 2 is 2.20 bits per heavy atom. The molecule has 0 radical (unpaired) electrons. The fraction of sp³-hybridized carbons (Fsp3) is 0.600. The van der Waals surface area contributed by atoms with Crippen LogP contribution in [0.5, 0.6) is 0 Å². The van der Waals surface area contributed by atoms with Gasteiger partial charge in [-0.05, 0) is 50.4 Å². The Morgan fingerprint density at radius 3 is 2.80 bits per heavy atom. The fourth-order valence-electron chi connectivity index (χ4n) is 2.56. The van der Waals surface area contributed by atoms with Gasteiger partial charge >= 0.3 is 0 Å². The van der Waals surface area contributed by atoms with Gasteiger partial charge in [0.15, 0.2) is 0 Å². The largest absolute Gasteiger partial charge is 0.339 e. The van der Waals surface area contributed by atoms with Gasteiger partial charge in [0.05, 0.1) is 6.04 Å². The monoisotopic (exact) mass is 297 g/mol. The van der Waals surface area contributed by atoms with E-state index in [2.05, 4.69) is 17.2 Å². The quantitative estimate of drug-likeness (QED) is 0.908. The maximum absolute atomic E-state index is 12.2. The number of nitrogens with zero attached hydrogens (tertiary/aromatic N) is 2. The Hall–Kier alpha value is -1.13. The lowest BCUT2D eigenvalue weighted by atomic mass is 10.1. The molecule has 1 amide bonds. The summed E-state index contributed by atoms with van der Waals surface area (Å²) in [6.45, 7) is 3.16. The highest BCUT2D eigenvalue weighted by molar-refractivity contribution is 5.85. The van der Waals surface area contributed by atoms with Gasteiger partial charge in [-0.25, -0.2) is 0 Å². The number of nitrogens with one attached hydrogen (secondary N) is 1. The van der Waals surface area contributed by atoms with Crippen molar-refractivity contribution in [1.29, 1.82) is 0 Å². The van der Waals surface area contributed by atoms with Crippen LogP contribution in [0.15, 0.2) is 24.5 Å². The molecular formula is C15H24ClN3O. The normalized spacial score (nSPS) is 19.2. The Kier molecular flexibility index (Phi) is 6.96. The number of rotatable bonds is 5. The number of halogens is 1. The van der Waals surface area contributed by atoms with Crippen molar-refractivity contribution in [3.8, 4) is 0 Å². The summed E-state index contributed by atoms with van der Waals surface area (Å²) >= 11 is 0. The van der Waals surface area contributed by atoms with E-state index in [1.165, 1.54) is 12.8 Å². The highest BCUT2D eigenvalue weighted by Gasteiger charge is 2.20. The molecule has 20 heavy (non-hydrogen) atoms. The first kappa shape index (κ1) is 16.9. The molecule has 2 heterocycles. The Morgan fingerprint density at radius 1 is 1.50 bits per heavy atom. The Labute approximate surface area is 127 Å². The summed E-state index contributed by atoms with van der Waals surface area (Å²) in [4.78, 5) is 18.0. The van der Waals surface area contributed by atoms with Gasteiger partial charge in [0.2, 0.25) is 5.91 Å². The standard InChI is InChI=1S/C15H23N3O.ClH/c1-12(13-7-10-16-11-8-13)18(2)15(19)6-5-14-4-3-9-17-14;/h7-8,10-12,14,17H,3-6,9H2,1-2H3;1H. The molecule has 2 atom stereocenters. The molecule has 2 unspecified atom stereocenters. The smallest absolute Gasteiger partial charge is 0.222 e. The molecule has 0 saturated carbocycles. The summed E-state index contributed by atoms with van der Waals surface area (Å²) in [6.07, 6.45) is 7.56. The number of aromatic nitrogens is 1. The van der Waals surface area contributed by atoms with Crippen LogP contribution in [-0.2, 0) is 4.79 Å². The van der Waals surface area contributed by atoms with Crippen LogP contribution in [0.2, 0.25) is 0 Å². The SMILES string of the molecule is CC(c1ccncc1)N(C)C(=O)CCC1CCCN1.Cl. The second-order valence-electron chi connectivity index (χ2n) is 5.29. The van der Waals surface area contributed by atoms with E-state index in [9.17, 15) is 4.79 Å². The lowest BCUT2D eigenvalue weighted by molar-refractivity contribution is -0.132. The number of hydrogen-bond acceptors (Lipinski definition) is 3. The first-order chi connectivity index (χ1) is 9.18. The summed E-state index contributed by atoms with van der Waals surface area (Å²) in [5.74, 6) is 0.220. The molecule has 0 aromatic carbocycles. The second-order valence-corrected chi connectivity index (χ2v) is 5.29. The van der Waals surface area contributed by atoms with Gasteiger partial charge in [0, 0.05) is 31.9 Å². The van der Waals surface area contributed by atoms with E-state index < -0.39 is 0 Å². The third-order valence-electron chi connectivity index (χ3n) is 4.03. The van der Waals surface area contributed by atoms with Crippen LogP contribution >= 0.6 is 12.4 Å². The average Bonchev–Trinajstić information content (AvgIpc) is 2.97. The number of pyridine rings is 1. The van der Waals surface area contributed by atoms with Crippen molar-refractivity contribution >= 4 is 18.3 Å². The van der Waals surface area contributed by atoms with Crippen LogP contribution in [0.1, 0.15) is 44.2 Å². The van der Waals surface area contributed by atoms with Gasteiger partial charge in [-0.15, -0.1) is 12.4 Å². The maximum Gasteiger partial charge on any atom is 0.222 e.